The number of nitrogens with one attached hydrogen (secondary N) is 1. The Morgan fingerprint density at radius 1 is 1.18 bits per heavy atom. The molecule has 84 valence electrons. The lowest BCUT2D eigenvalue weighted by Crippen LogP contribution is -2.08. The van der Waals surface area contributed by atoms with Gasteiger partial charge in [0.25, 0.3) is 0 Å². The number of hydrogen-bond donors (Lipinski definition) is 2. The van der Waals surface area contributed by atoms with Crippen molar-refractivity contribution in [1.82, 2.24) is 9.97 Å². The maximum Gasteiger partial charge on any atom is 0.163 e. The summed E-state index contributed by atoms with van der Waals surface area (Å²) in [4.78, 5) is 8.62. The Hall–Kier alpha value is -1.98. The number of thiophene rings is 1. The summed E-state index contributed by atoms with van der Waals surface area (Å²) in [5.74, 6) is 6.66. The number of hydrazine groups is 1. The van der Waals surface area contributed by atoms with Crippen LogP contribution in [0.15, 0.2) is 41.9 Å². The average molecular weight is 242 g/mol. The molecule has 0 bridgehead atoms. The first-order valence-corrected chi connectivity index (χ1v) is 6.03. The van der Waals surface area contributed by atoms with Gasteiger partial charge in [-0.2, -0.15) is 0 Å². The fraction of sp³-hybridized carbons (Fsp3) is 0. The molecule has 4 nitrogen and oxygen atoms in total. The summed E-state index contributed by atoms with van der Waals surface area (Å²) in [6.07, 6.45) is 1.70. The maximum atomic E-state index is 5.35. The van der Waals surface area contributed by atoms with Crippen molar-refractivity contribution in [3.05, 3.63) is 41.9 Å². The standard InChI is InChI=1S/C12H10N4S/c13-16-11-5-6-14-12(15-11)9-7-17-10-4-2-1-3-8(9)10/h1-7H,13H2,(H,14,15,16). The van der Waals surface area contributed by atoms with Gasteiger partial charge >= 0.3 is 0 Å². The monoisotopic (exact) mass is 242 g/mol. The van der Waals surface area contributed by atoms with Crippen LogP contribution in [-0.4, -0.2) is 9.97 Å². The summed E-state index contributed by atoms with van der Waals surface area (Å²) in [6, 6.07) is 9.95. The lowest BCUT2D eigenvalue weighted by molar-refractivity contribution is 1.15. The predicted octanol–water partition coefficient (Wildman–Crippen LogP) is 2.64. The topological polar surface area (TPSA) is 63.8 Å². The van der Waals surface area contributed by atoms with E-state index in [4.69, 9.17) is 5.84 Å². The van der Waals surface area contributed by atoms with Crippen molar-refractivity contribution in [2.75, 3.05) is 5.43 Å². The van der Waals surface area contributed by atoms with E-state index in [1.54, 1.807) is 23.6 Å². The Labute approximate surface area is 102 Å². The highest BCUT2D eigenvalue weighted by atomic mass is 32.1. The summed E-state index contributed by atoms with van der Waals surface area (Å²) in [7, 11) is 0. The van der Waals surface area contributed by atoms with Gasteiger partial charge in [-0.25, -0.2) is 15.8 Å². The number of nitrogens with two attached hydrogens (primary N) is 1. The summed E-state index contributed by atoms with van der Waals surface area (Å²) < 4.78 is 1.23. The SMILES string of the molecule is NNc1ccnc(-c2csc3ccccc23)n1. The third-order valence-electron chi connectivity index (χ3n) is 2.53. The number of anilines is 1. The van der Waals surface area contributed by atoms with Crippen LogP contribution in [0, 0.1) is 0 Å². The van der Waals surface area contributed by atoms with E-state index < -0.39 is 0 Å². The molecule has 1 aromatic carbocycles. The minimum absolute atomic E-state index is 0.616. The highest BCUT2D eigenvalue weighted by molar-refractivity contribution is 7.17. The molecular weight excluding hydrogens is 232 g/mol. The lowest BCUT2D eigenvalue weighted by Gasteiger charge is -2.01. The van der Waals surface area contributed by atoms with Crippen molar-refractivity contribution < 1.29 is 0 Å². The Morgan fingerprint density at radius 2 is 2.06 bits per heavy atom. The summed E-state index contributed by atoms with van der Waals surface area (Å²) in [6.45, 7) is 0. The molecule has 0 fully saturated rings. The number of rotatable bonds is 2. The van der Waals surface area contributed by atoms with E-state index in [1.165, 1.54) is 10.1 Å². The van der Waals surface area contributed by atoms with Gasteiger partial charge in [0.05, 0.1) is 0 Å². The summed E-state index contributed by atoms with van der Waals surface area (Å²) >= 11 is 1.69. The second-order valence-corrected chi connectivity index (χ2v) is 4.47. The lowest BCUT2D eigenvalue weighted by atomic mass is 10.1. The normalized spacial score (nSPS) is 10.6. The van der Waals surface area contributed by atoms with Crippen LogP contribution in [-0.2, 0) is 0 Å². The third kappa shape index (κ3) is 1.75. The maximum absolute atomic E-state index is 5.35. The Kier molecular flexibility index (Phi) is 2.47. The highest BCUT2D eigenvalue weighted by Gasteiger charge is 2.08. The molecule has 3 N–H and O–H groups in total. The molecule has 0 saturated carbocycles. The third-order valence-corrected chi connectivity index (χ3v) is 3.49. The molecule has 0 aliphatic rings. The van der Waals surface area contributed by atoms with Crippen LogP contribution in [0.5, 0.6) is 0 Å². The largest absolute Gasteiger partial charge is 0.308 e. The van der Waals surface area contributed by atoms with Crippen LogP contribution < -0.4 is 11.3 Å². The molecule has 2 aromatic heterocycles. The van der Waals surface area contributed by atoms with Crippen molar-refractivity contribution >= 4 is 27.2 Å². The fourth-order valence-corrected chi connectivity index (χ4v) is 2.66. The van der Waals surface area contributed by atoms with E-state index in [2.05, 4.69) is 32.9 Å². The zero-order valence-corrected chi connectivity index (χ0v) is 9.74. The number of hydrogen-bond acceptors (Lipinski definition) is 5. The zero-order chi connectivity index (χ0) is 11.7. The van der Waals surface area contributed by atoms with Gasteiger partial charge in [-0.1, -0.05) is 18.2 Å². The second-order valence-electron chi connectivity index (χ2n) is 3.56. The zero-order valence-electron chi connectivity index (χ0n) is 8.92. The van der Waals surface area contributed by atoms with Crippen LogP contribution >= 0.6 is 11.3 Å². The van der Waals surface area contributed by atoms with Crippen molar-refractivity contribution in [1.29, 1.82) is 0 Å². The summed E-state index contributed by atoms with van der Waals surface area (Å²) in [5, 5.41) is 3.24. The van der Waals surface area contributed by atoms with Crippen LogP contribution in [0.2, 0.25) is 0 Å². The average Bonchev–Trinajstić information content (AvgIpc) is 2.82. The Balaban J connectivity index is 2.20. The van der Waals surface area contributed by atoms with Gasteiger partial charge in [0.2, 0.25) is 0 Å². The van der Waals surface area contributed by atoms with Gasteiger partial charge in [0, 0.05) is 33.3 Å². The molecule has 3 aromatic rings. The van der Waals surface area contributed by atoms with Gasteiger partial charge in [-0.3, -0.25) is 0 Å². The first kappa shape index (κ1) is 10.2. The molecule has 0 aliphatic heterocycles. The van der Waals surface area contributed by atoms with Gasteiger partial charge < -0.3 is 5.43 Å². The molecule has 0 aliphatic carbocycles. The quantitative estimate of drug-likeness (QED) is 0.535. The fourth-order valence-electron chi connectivity index (χ4n) is 1.72. The van der Waals surface area contributed by atoms with Crippen molar-refractivity contribution in [3.8, 4) is 11.4 Å². The van der Waals surface area contributed by atoms with Crippen molar-refractivity contribution in [2.24, 2.45) is 5.84 Å². The van der Waals surface area contributed by atoms with Gasteiger partial charge in [-0.15, -0.1) is 11.3 Å². The van der Waals surface area contributed by atoms with E-state index >= 15 is 0 Å². The van der Waals surface area contributed by atoms with Gasteiger partial charge in [-0.05, 0) is 6.07 Å². The molecular formula is C12H10N4S. The molecule has 0 spiro atoms. The molecule has 2 heterocycles. The Morgan fingerprint density at radius 3 is 2.94 bits per heavy atom. The van der Waals surface area contributed by atoms with Gasteiger partial charge in [0.15, 0.2) is 5.82 Å². The second kappa shape index (κ2) is 4.12. The highest BCUT2D eigenvalue weighted by Crippen LogP contribution is 2.31. The van der Waals surface area contributed by atoms with Crippen LogP contribution in [0.3, 0.4) is 0 Å². The molecule has 0 atom stereocenters. The van der Waals surface area contributed by atoms with Crippen LogP contribution in [0.25, 0.3) is 21.5 Å². The first-order chi connectivity index (χ1) is 8.38. The van der Waals surface area contributed by atoms with E-state index in [9.17, 15) is 0 Å². The summed E-state index contributed by atoms with van der Waals surface area (Å²) in [5.41, 5.74) is 3.57. The smallest absolute Gasteiger partial charge is 0.163 e. The number of benzene rings is 1. The van der Waals surface area contributed by atoms with Crippen LogP contribution in [0.4, 0.5) is 5.82 Å². The molecule has 5 heteroatoms. The van der Waals surface area contributed by atoms with Gasteiger partial charge in [0.1, 0.15) is 5.82 Å². The van der Waals surface area contributed by atoms with Crippen molar-refractivity contribution in [3.63, 3.8) is 0 Å². The minimum Gasteiger partial charge on any atom is -0.308 e. The number of nitrogens with zero attached hydrogens (tertiary/aromatic N) is 2. The molecule has 3 rings (SSSR count). The first-order valence-electron chi connectivity index (χ1n) is 5.15. The number of fused-ring (bicyclic) bond motifs is 1. The molecule has 17 heavy (non-hydrogen) atoms. The molecule has 0 saturated heterocycles. The van der Waals surface area contributed by atoms with Crippen LogP contribution in [0.1, 0.15) is 0 Å². The van der Waals surface area contributed by atoms with E-state index in [0.717, 1.165) is 5.56 Å². The number of aromatic nitrogens is 2. The Bertz CT molecular complexity index is 662. The molecule has 0 unspecified atom stereocenters. The predicted molar refractivity (Wildman–Crippen MR) is 70.7 cm³/mol. The molecule has 0 amide bonds. The van der Waals surface area contributed by atoms with E-state index in [0.29, 0.717) is 11.6 Å². The molecule has 0 radical (unpaired) electrons. The van der Waals surface area contributed by atoms with E-state index in [-0.39, 0.29) is 0 Å². The van der Waals surface area contributed by atoms with Crippen molar-refractivity contribution in [2.45, 2.75) is 0 Å². The number of nitrogen functional groups attached to an aromatic ring is 1. The van der Waals surface area contributed by atoms with E-state index in [1.807, 2.05) is 12.1 Å². The minimum atomic E-state index is 0.616.